The highest BCUT2D eigenvalue weighted by Crippen LogP contribution is 2.17. The molecule has 19 heavy (non-hydrogen) atoms. The Morgan fingerprint density at radius 1 is 1.63 bits per heavy atom. The third kappa shape index (κ3) is 4.18. The van der Waals surface area contributed by atoms with Crippen molar-refractivity contribution < 1.29 is 19.7 Å². The number of hydrogen-bond acceptors (Lipinski definition) is 5. The maximum Gasteiger partial charge on any atom is 0.330 e. The molecule has 0 unspecified atom stereocenters. The van der Waals surface area contributed by atoms with E-state index in [1.165, 1.54) is 33.1 Å². The van der Waals surface area contributed by atoms with Crippen LogP contribution in [0.2, 0.25) is 0 Å². The molecule has 0 aliphatic rings. The second kappa shape index (κ2) is 5.99. The molecule has 0 saturated heterocycles. The van der Waals surface area contributed by atoms with Gasteiger partial charge in [0.05, 0.1) is 30.8 Å². The van der Waals surface area contributed by atoms with Gasteiger partial charge in [-0.05, 0) is 19.9 Å². The Labute approximate surface area is 112 Å². The van der Waals surface area contributed by atoms with E-state index in [0.29, 0.717) is 5.69 Å². The maximum absolute atomic E-state index is 11.1. The SMILES string of the molecule is COC(=O)/C=C/c1ncn(C)c1C[C@@H](O)C(C)(C)O. The van der Waals surface area contributed by atoms with Crippen LogP contribution >= 0.6 is 0 Å². The summed E-state index contributed by atoms with van der Waals surface area (Å²) in [7, 11) is 3.08. The zero-order chi connectivity index (χ0) is 14.6. The van der Waals surface area contributed by atoms with Crippen molar-refractivity contribution in [3.8, 4) is 0 Å². The van der Waals surface area contributed by atoms with Crippen molar-refractivity contribution in [3.63, 3.8) is 0 Å². The monoisotopic (exact) mass is 268 g/mol. The minimum absolute atomic E-state index is 0.237. The summed E-state index contributed by atoms with van der Waals surface area (Å²) in [6, 6.07) is 0. The van der Waals surface area contributed by atoms with Crippen molar-refractivity contribution >= 4 is 12.0 Å². The molecule has 1 atom stereocenters. The minimum atomic E-state index is -1.20. The van der Waals surface area contributed by atoms with E-state index in [2.05, 4.69) is 9.72 Å². The molecule has 1 aromatic rings. The quantitative estimate of drug-likeness (QED) is 0.592. The summed E-state index contributed by atoms with van der Waals surface area (Å²) in [5, 5.41) is 19.7. The van der Waals surface area contributed by atoms with Crippen LogP contribution in [0.5, 0.6) is 0 Å². The number of aliphatic hydroxyl groups excluding tert-OH is 1. The van der Waals surface area contributed by atoms with Crippen LogP contribution in [-0.4, -0.2) is 44.5 Å². The van der Waals surface area contributed by atoms with Gasteiger partial charge in [-0.1, -0.05) is 0 Å². The van der Waals surface area contributed by atoms with E-state index < -0.39 is 17.7 Å². The van der Waals surface area contributed by atoms with Gasteiger partial charge in [-0.25, -0.2) is 9.78 Å². The Morgan fingerprint density at radius 2 is 2.26 bits per heavy atom. The molecular weight excluding hydrogens is 248 g/mol. The molecule has 0 saturated carbocycles. The van der Waals surface area contributed by atoms with Crippen LogP contribution in [-0.2, 0) is 23.0 Å². The molecule has 6 heteroatoms. The molecular formula is C13H20N2O4. The summed E-state index contributed by atoms with van der Waals surface area (Å²) in [6.07, 6.45) is 3.69. The normalized spacial score (nSPS) is 13.8. The molecule has 0 fully saturated rings. The number of carbonyl (C=O) groups excluding carboxylic acids is 1. The molecule has 1 aromatic heterocycles. The molecule has 0 spiro atoms. The van der Waals surface area contributed by atoms with E-state index in [0.717, 1.165) is 5.69 Å². The highest BCUT2D eigenvalue weighted by atomic mass is 16.5. The van der Waals surface area contributed by atoms with E-state index in [9.17, 15) is 15.0 Å². The molecule has 106 valence electrons. The first-order valence-electron chi connectivity index (χ1n) is 5.92. The van der Waals surface area contributed by atoms with Crippen molar-refractivity contribution in [3.05, 3.63) is 23.8 Å². The number of hydrogen-bond donors (Lipinski definition) is 2. The lowest BCUT2D eigenvalue weighted by atomic mass is 9.97. The summed E-state index contributed by atoms with van der Waals surface area (Å²) in [4.78, 5) is 15.2. The lowest BCUT2D eigenvalue weighted by molar-refractivity contribution is -0.134. The van der Waals surface area contributed by atoms with E-state index >= 15 is 0 Å². The maximum atomic E-state index is 11.1. The highest BCUT2D eigenvalue weighted by Gasteiger charge is 2.26. The Balaban J connectivity index is 2.92. The van der Waals surface area contributed by atoms with E-state index in [1.807, 2.05) is 0 Å². The molecule has 0 amide bonds. The molecule has 2 N–H and O–H groups in total. The van der Waals surface area contributed by atoms with Gasteiger partial charge in [-0.2, -0.15) is 0 Å². The molecule has 0 bridgehead atoms. The molecule has 0 aromatic carbocycles. The van der Waals surface area contributed by atoms with Crippen LogP contribution in [0.15, 0.2) is 12.4 Å². The third-order valence-electron chi connectivity index (χ3n) is 2.87. The number of aromatic nitrogens is 2. The molecule has 6 nitrogen and oxygen atoms in total. The zero-order valence-corrected chi connectivity index (χ0v) is 11.6. The number of imidazole rings is 1. The second-order valence-corrected chi connectivity index (χ2v) is 4.92. The van der Waals surface area contributed by atoms with Gasteiger partial charge in [-0.3, -0.25) is 0 Å². The second-order valence-electron chi connectivity index (χ2n) is 4.92. The van der Waals surface area contributed by atoms with Crippen molar-refractivity contribution in [2.45, 2.75) is 32.0 Å². The van der Waals surface area contributed by atoms with Crippen LogP contribution in [0.4, 0.5) is 0 Å². The predicted octanol–water partition coefficient (Wildman–Crippen LogP) is 0.281. The van der Waals surface area contributed by atoms with E-state index in [1.54, 1.807) is 17.9 Å². The Hall–Kier alpha value is -1.66. The number of methoxy groups -OCH3 is 1. The minimum Gasteiger partial charge on any atom is -0.466 e. The van der Waals surface area contributed by atoms with Gasteiger partial charge in [0, 0.05) is 25.2 Å². The van der Waals surface area contributed by atoms with Crippen molar-refractivity contribution in [2.24, 2.45) is 7.05 Å². The average Bonchev–Trinajstić information content (AvgIpc) is 2.66. The van der Waals surface area contributed by atoms with Crippen LogP contribution in [0.3, 0.4) is 0 Å². The largest absolute Gasteiger partial charge is 0.466 e. The van der Waals surface area contributed by atoms with Crippen LogP contribution in [0.25, 0.3) is 6.08 Å². The number of aliphatic hydroxyl groups is 2. The summed E-state index contributed by atoms with van der Waals surface area (Å²) in [5.74, 6) is -0.473. The Kier molecular flexibility index (Phi) is 4.85. The fourth-order valence-corrected chi connectivity index (χ4v) is 1.51. The molecule has 0 aliphatic heterocycles. The van der Waals surface area contributed by atoms with Gasteiger partial charge in [0.1, 0.15) is 0 Å². The number of aryl methyl sites for hydroxylation is 1. The standard InChI is InChI=1S/C13H20N2O4/c1-13(2,18)11(16)7-10-9(14-8-15(10)3)5-6-12(17)19-4/h5-6,8,11,16,18H,7H2,1-4H3/b6-5+/t11-/m1/s1. The summed E-state index contributed by atoms with van der Waals surface area (Å²) in [6.45, 7) is 3.08. The smallest absolute Gasteiger partial charge is 0.330 e. The molecule has 0 radical (unpaired) electrons. The van der Waals surface area contributed by atoms with Crippen molar-refractivity contribution in [2.75, 3.05) is 7.11 Å². The first-order valence-corrected chi connectivity index (χ1v) is 5.92. The van der Waals surface area contributed by atoms with Crippen LogP contribution < -0.4 is 0 Å². The third-order valence-corrected chi connectivity index (χ3v) is 2.87. The first-order chi connectivity index (χ1) is 8.75. The van der Waals surface area contributed by atoms with Crippen LogP contribution in [0, 0.1) is 0 Å². The first kappa shape index (κ1) is 15.4. The van der Waals surface area contributed by atoms with Gasteiger partial charge < -0.3 is 19.5 Å². The zero-order valence-electron chi connectivity index (χ0n) is 11.6. The lowest BCUT2D eigenvalue weighted by Gasteiger charge is -2.24. The topological polar surface area (TPSA) is 84.6 Å². The van der Waals surface area contributed by atoms with Gasteiger partial charge >= 0.3 is 5.97 Å². The average molecular weight is 268 g/mol. The fourth-order valence-electron chi connectivity index (χ4n) is 1.51. The number of rotatable bonds is 5. The molecule has 0 aliphatic carbocycles. The van der Waals surface area contributed by atoms with E-state index in [4.69, 9.17) is 0 Å². The Bertz CT molecular complexity index is 471. The summed E-state index contributed by atoms with van der Waals surface area (Å²) >= 11 is 0. The lowest BCUT2D eigenvalue weighted by Crippen LogP contribution is -2.37. The number of carbonyl (C=O) groups is 1. The van der Waals surface area contributed by atoms with Crippen LogP contribution in [0.1, 0.15) is 25.2 Å². The van der Waals surface area contributed by atoms with Crippen molar-refractivity contribution in [1.29, 1.82) is 0 Å². The van der Waals surface area contributed by atoms with Crippen molar-refractivity contribution in [1.82, 2.24) is 9.55 Å². The molecule has 1 rings (SSSR count). The van der Waals surface area contributed by atoms with Gasteiger partial charge in [0.15, 0.2) is 0 Å². The van der Waals surface area contributed by atoms with Gasteiger partial charge in [0.25, 0.3) is 0 Å². The fraction of sp³-hybridized carbons (Fsp3) is 0.538. The summed E-state index contributed by atoms with van der Waals surface area (Å²) < 4.78 is 6.25. The van der Waals surface area contributed by atoms with Gasteiger partial charge in [-0.15, -0.1) is 0 Å². The molecule has 1 heterocycles. The van der Waals surface area contributed by atoms with Gasteiger partial charge in [0.2, 0.25) is 0 Å². The predicted molar refractivity (Wildman–Crippen MR) is 70.3 cm³/mol. The number of esters is 1. The number of ether oxygens (including phenoxy) is 1. The number of nitrogens with zero attached hydrogens (tertiary/aromatic N) is 2. The summed E-state index contributed by atoms with van der Waals surface area (Å²) in [5.41, 5.74) is 0.0964. The highest BCUT2D eigenvalue weighted by molar-refractivity contribution is 5.86. The van der Waals surface area contributed by atoms with E-state index in [-0.39, 0.29) is 6.42 Å². The Morgan fingerprint density at radius 3 is 2.79 bits per heavy atom.